The molecular weight excluding hydrogens is 200 g/mol. The Hall–Kier alpha value is -1.54. The van der Waals surface area contributed by atoms with Crippen LogP contribution in [-0.4, -0.2) is 6.08 Å². The highest BCUT2D eigenvalue weighted by Gasteiger charge is 2.11. The second-order valence-electron chi connectivity index (χ2n) is 3.52. The van der Waals surface area contributed by atoms with Crippen LogP contribution in [0.25, 0.3) is 0 Å². The fourth-order valence-electron chi connectivity index (χ4n) is 1.24. The summed E-state index contributed by atoms with van der Waals surface area (Å²) in [6, 6.07) is 4.24. The molecule has 0 spiro atoms. The summed E-state index contributed by atoms with van der Waals surface area (Å²) in [7, 11) is 0. The van der Waals surface area contributed by atoms with Crippen molar-refractivity contribution >= 4 is 11.8 Å². The number of carbonyl (C=O) groups excluding carboxylic acids is 1. The Labute approximate surface area is 86.6 Å². The lowest BCUT2D eigenvalue weighted by Gasteiger charge is -2.08. The van der Waals surface area contributed by atoms with Crippen LogP contribution in [0.15, 0.2) is 23.2 Å². The van der Waals surface area contributed by atoms with Crippen molar-refractivity contribution in [3.63, 3.8) is 0 Å². The van der Waals surface area contributed by atoms with E-state index in [1.807, 2.05) is 13.8 Å². The van der Waals surface area contributed by atoms with Crippen molar-refractivity contribution in [2.45, 2.75) is 26.2 Å². The first-order valence-electron chi connectivity index (χ1n) is 4.55. The van der Waals surface area contributed by atoms with Crippen molar-refractivity contribution in [2.24, 2.45) is 4.99 Å². The molecule has 80 valence electrons. The number of hydrogen-bond donors (Lipinski definition) is 0. The van der Waals surface area contributed by atoms with E-state index in [-0.39, 0.29) is 17.2 Å². The van der Waals surface area contributed by atoms with E-state index in [4.69, 9.17) is 0 Å². The summed E-state index contributed by atoms with van der Waals surface area (Å²) in [6.45, 7) is 3.78. The van der Waals surface area contributed by atoms with Gasteiger partial charge in [0.1, 0.15) is 0 Å². The smallest absolute Gasteiger partial charge is 0.211 e. The van der Waals surface area contributed by atoms with Gasteiger partial charge in [-0.25, -0.2) is 13.6 Å². The summed E-state index contributed by atoms with van der Waals surface area (Å²) in [4.78, 5) is 13.4. The number of hydrogen-bond acceptors (Lipinski definition) is 2. The van der Waals surface area contributed by atoms with E-state index in [0.717, 1.165) is 5.56 Å². The second kappa shape index (κ2) is 4.80. The molecule has 0 aromatic heterocycles. The van der Waals surface area contributed by atoms with Crippen molar-refractivity contribution in [1.82, 2.24) is 0 Å². The topological polar surface area (TPSA) is 29.4 Å². The van der Waals surface area contributed by atoms with E-state index >= 15 is 0 Å². The van der Waals surface area contributed by atoms with Gasteiger partial charge in [-0.05, 0) is 29.7 Å². The van der Waals surface area contributed by atoms with E-state index in [0.29, 0.717) is 0 Å². The van der Waals surface area contributed by atoms with Crippen molar-refractivity contribution in [3.8, 4) is 0 Å². The lowest BCUT2D eigenvalue weighted by molar-refractivity contribution is 0.151. The van der Waals surface area contributed by atoms with Gasteiger partial charge in [0.2, 0.25) is 6.08 Å². The maximum Gasteiger partial charge on any atom is 0.263 e. The minimum Gasteiger partial charge on any atom is -0.211 e. The van der Waals surface area contributed by atoms with E-state index < -0.39 is 6.43 Å². The van der Waals surface area contributed by atoms with Crippen LogP contribution in [0.4, 0.5) is 14.5 Å². The van der Waals surface area contributed by atoms with Gasteiger partial charge in [0.05, 0.1) is 5.69 Å². The quantitative estimate of drug-likeness (QED) is 0.553. The number of aliphatic imine (C=N–C) groups is 1. The predicted molar refractivity (Wildman–Crippen MR) is 53.3 cm³/mol. The van der Waals surface area contributed by atoms with Crippen LogP contribution in [0.1, 0.15) is 37.3 Å². The third-order valence-electron chi connectivity index (χ3n) is 2.06. The molecule has 0 saturated carbocycles. The fourth-order valence-corrected chi connectivity index (χ4v) is 1.24. The van der Waals surface area contributed by atoms with Gasteiger partial charge in [-0.1, -0.05) is 13.8 Å². The highest BCUT2D eigenvalue weighted by Crippen LogP contribution is 2.28. The molecule has 0 unspecified atom stereocenters. The number of nitrogens with zero attached hydrogens (tertiary/aromatic N) is 1. The van der Waals surface area contributed by atoms with Gasteiger partial charge in [0, 0.05) is 5.56 Å². The van der Waals surface area contributed by atoms with Crippen LogP contribution in [0.5, 0.6) is 0 Å². The number of alkyl halides is 2. The third kappa shape index (κ3) is 2.96. The Balaban J connectivity index is 3.25. The highest BCUT2D eigenvalue weighted by molar-refractivity contribution is 5.52. The molecule has 0 aliphatic heterocycles. The van der Waals surface area contributed by atoms with Crippen LogP contribution in [-0.2, 0) is 4.79 Å². The SMILES string of the molecule is CC(C)c1cc(N=C=O)cc(C(F)F)c1. The summed E-state index contributed by atoms with van der Waals surface area (Å²) in [5.74, 6) is 0.115. The number of isocyanates is 1. The zero-order valence-corrected chi connectivity index (χ0v) is 8.50. The first-order chi connectivity index (χ1) is 7.04. The number of rotatable bonds is 3. The zero-order chi connectivity index (χ0) is 11.4. The Morgan fingerprint density at radius 2 is 1.80 bits per heavy atom. The fraction of sp³-hybridized carbons (Fsp3) is 0.364. The first-order valence-corrected chi connectivity index (χ1v) is 4.55. The molecule has 0 radical (unpaired) electrons. The van der Waals surface area contributed by atoms with E-state index in [1.165, 1.54) is 18.2 Å². The molecule has 0 fully saturated rings. The molecule has 0 saturated heterocycles. The summed E-state index contributed by atoms with van der Waals surface area (Å²) in [6.07, 6.45) is -1.21. The minimum absolute atomic E-state index is 0.115. The van der Waals surface area contributed by atoms with Crippen molar-refractivity contribution in [1.29, 1.82) is 0 Å². The highest BCUT2D eigenvalue weighted by atomic mass is 19.3. The van der Waals surface area contributed by atoms with Gasteiger partial charge in [0.25, 0.3) is 6.43 Å². The average Bonchev–Trinajstić information content (AvgIpc) is 2.17. The molecule has 4 heteroatoms. The molecule has 0 atom stereocenters. The van der Waals surface area contributed by atoms with Crippen molar-refractivity contribution in [2.75, 3.05) is 0 Å². The van der Waals surface area contributed by atoms with Crippen LogP contribution in [0.2, 0.25) is 0 Å². The molecule has 1 rings (SSSR count). The van der Waals surface area contributed by atoms with Crippen LogP contribution >= 0.6 is 0 Å². The van der Waals surface area contributed by atoms with Gasteiger partial charge >= 0.3 is 0 Å². The summed E-state index contributed by atoms with van der Waals surface area (Å²) in [5.41, 5.74) is 0.850. The minimum atomic E-state index is -2.55. The Bertz CT molecular complexity index is 369. The number of benzene rings is 1. The molecule has 1 aromatic carbocycles. The maximum atomic E-state index is 12.5. The third-order valence-corrected chi connectivity index (χ3v) is 2.06. The van der Waals surface area contributed by atoms with Gasteiger partial charge < -0.3 is 0 Å². The molecule has 0 aliphatic rings. The lowest BCUT2D eigenvalue weighted by Crippen LogP contribution is -1.91. The second-order valence-corrected chi connectivity index (χ2v) is 3.52. The largest absolute Gasteiger partial charge is 0.263 e. The molecular formula is C11H11F2NO. The summed E-state index contributed by atoms with van der Waals surface area (Å²) < 4.78 is 25.0. The molecule has 1 aromatic rings. The van der Waals surface area contributed by atoms with E-state index in [2.05, 4.69) is 4.99 Å². The molecule has 0 bridgehead atoms. The average molecular weight is 211 g/mol. The molecule has 0 N–H and O–H groups in total. The Kier molecular flexibility index (Phi) is 3.69. The van der Waals surface area contributed by atoms with Crippen LogP contribution in [0.3, 0.4) is 0 Å². The maximum absolute atomic E-state index is 12.5. The summed E-state index contributed by atoms with van der Waals surface area (Å²) in [5, 5.41) is 0. The van der Waals surface area contributed by atoms with E-state index in [9.17, 15) is 13.6 Å². The Morgan fingerprint density at radius 3 is 2.27 bits per heavy atom. The molecule has 15 heavy (non-hydrogen) atoms. The van der Waals surface area contributed by atoms with Gasteiger partial charge in [-0.15, -0.1) is 0 Å². The lowest BCUT2D eigenvalue weighted by atomic mass is 10.00. The molecule has 2 nitrogen and oxygen atoms in total. The van der Waals surface area contributed by atoms with Crippen LogP contribution in [0, 0.1) is 0 Å². The zero-order valence-electron chi connectivity index (χ0n) is 8.50. The van der Waals surface area contributed by atoms with Crippen molar-refractivity contribution in [3.05, 3.63) is 29.3 Å². The first kappa shape index (κ1) is 11.5. The van der Waals surface area contributed by atoms with Crippen LogP contribution < -0.4 is 0 Å². The normalized spacial score (nSPS) is 10.5. The van der Waals surface area contributed by atoms with Gasteiger partial charge in [-0.2, -0.15) is 4.99 Å². The predicted octanol–water partition coefficient (Wildman–Crippen LogP) is 3.71. The van der Waals surface area contributed by atoms with Gasteiger partial charge in [-0.3, -0.25) is 0 Å². The Morgan fingerprint density at radius 1 is 1.20 bits per heavy atom. The number of halogens is 2. The monoisotopic (exact) mass is 211 g/mol. The molecule has 0 aliphatic carbocycles. The molecule has 0 amide bonds. The van der Waals surface area contributed by atoms with Gasteiger partial charge in [0.15, 0.2) is 0 Å². The molecule has 0 heterocycles. The van der Waals surface area contributed by atoms with Crippen molar-refractivity contribution < 1.29 is 13.6 Å². The standard InChI is InChI=1S/C11H11F2NO/c1-7(2)8-3-9(11(12)13)5-10(4-8)14-6-15/h3-5,7,11H,1-2H3. The van der Waals surface area contributed by atoms with E-state index in [1.54, 1.807) is 6.07 Å². The summed E-state index contributed by atoms with van der Waals surface area (Å²) >= 11 is 0.